The van der Waals surface area contributed by atoms with Crippen LogP contribution in [0.4, 0.5) is 0 Å². The largest absolute Gasteiger partial charge is 0.431 e. The average molecular weight is 305 g/mol. The normalized spacial score (nSPS) is 16.7. The standard InChI is InChI=1S/C12H13ClN2OS.ClH/c13-8-1-2-11-10(7-8)15-12(16-11)17-9-3-5-14-6-4-9;/h1-2,7,9,14H,3-6H2;1H. The van der Waals surface area contributed by atoms with Crippen molar-refractivity contribution < 1.29 is 4.42 Å². The number of thioether (sulfide) groups is 1. The summed E-state index contributed by atoms with van der Waals surface area (Å²) in [7, 11) is 0. The molecule has 2 heterocycles. The summed E-state index contributed by atoms with van der Waals surface area (Å²) >= 11 is 7.66. The fraction of sp³-hybridized carbons (Fsp3) is 0.417. The summed E-state index contributed by atoms with van der Waals surface area (Å²) in [4.78, 5) is 4.46. The lowest BCUT2D eigenvalue weighted by atomic mass is 10.2. The lowest BCUT2D eigenvalue weighted by molar-refractivity contribution is 0.480. The maximum absolute atomic E-state index is 5.92. The van der Waals surface area contributed by atoms with Gasteiger partial charge in [-0.3, -0.25) is 0 Å². The number of nitrogens with zero attached hydrogens (tertiary/aromatic N) is 1. The summed E-state index contributed by atoms with van der Waals surface area (Å²) in [6.07, 6.45) is 2.34. The van der Waals surface area contributed by atoms with Gasteiger partial charge in [-0.25, -0.2) is 4.98 Å². The SMILES string of the molecule is Cl.Clc1ccc2oc(SC3CCNCC3)nc2c1. The Balaban J connectivity index is 0.00000120. The van der Waals surface area contributed by atoms with E-state index >= 15 is 0 Å². The van der Waals surface area contributed by atoms with Crippen molar-refractivity contribution in [1.82, 2.24) is 10.3 Å². The summed E-state index contributed by atoms with van der Waals surface area (Å²) in [5, 5.41) is 5.42. The Labute approximate surface area is 121 Å². The molecule has 3 nitrogen and oxygen atoms in total. The Hall–Kier alpha value is -0.420. The maximum atomic E-state index is 5.92. The van der Waals surface area contributed by atoms with Crippen LogP contribution in [-0.2, 0) is 0 Å². The fourth-order valence-corrected chi connectivity index (χ4v) is 3.20. The topological polar surface area (TPSA) is 38.1 Å². The number of nitrogens with one attached hydrogen (secondary N) is 1. The van der Waals surface area contributed by atoms with E-state index in [1.54, 1.807) is 11.8 Å². The van der Waals surface area contributed by atoms with E-state index in [1.807, 2.05) is 18.2 Å². The number of piperidine rings is 1. The van der Waals surface area contributed by atoms with E-state index in [-0.39, 0.29) is 12.4 Å². The Kier molecular flexibility index (Phi) is 4.78. The zero-order valence-electron chi connectivity index (χ0n) is 9.69. The molecule has 0 spiro atoms. The van der Waals surface area contributed by atoms with Gasteiger partial charge in [-0.1, -0.05) is 23.4 Å². The lowest BCUT2D eigenvalue weighted by Gasteiger charge is -2.20. The smallest absolute Gasteiger partial charge is 0.257 e. The van der Waals surface area contributed by atoms with Crippen molar-refractivity contribution in [3.05, 3.63) is 23.2 Å². The predicted molar refractivity (Wildman–Crippen MR) is 78.0 cm³/mol. The molecular weight excluding hydrogens is 291 g/mol. The van der Waals surface area contributed by atoms with E-state index in [0.29, 0.717) is 10.3 Å². The highest BCUT2D eigenvalue weighted by atomic mass is 35.5. The number of halogens is 2. The third-order valence-electron chi connectivity index (χ3n) is 2.88. The van der Waals surface area contributed by atoms with Gasteiger partial charge in [0, 0.05) is 10.3 Å². The van der Waals surface area contributed by atoms with Crippen molar-refractivity contribution in [3.8, 4) is 0 Å². The predicted octanol–water partition coefficient (Wildman–Crippen LogP) is 3.75. The number of hydrogen-bond acceptors (Lipinski definition) is 4. The number of oxazole rings is 1. The Morgan fingerprint density at radius 3 is 2.89 bits per heavy atom. The third-order valence-corrected chi connectivity index (χ3v) is 4.30. The molecule has 3 rings (SSSR count). The second-order valence-corrected chi connectivity index (χ2v) is 5.85. The third kappa shape index (κ3) is 3.12. The van der Waals surface area contributed by atoms with Gasteiger partial charge in [-0.15, -0.1) is 12.4 Å². The van der Waals surface area contributed by atoms with Crippen LogP contribution in [-0.4, -0.2) is 23.3 Å². The van der Waals surface area contributed by atoms with Crippen molar-refractivity contribution in [2.75, 3.05) is 13.1 Å². The molecule has 1 aliphatic rings. The molecule has 0 unspecified atom stereocenters. The van der Waals surface area contributed by atoms with Crippen LogP contribution in [0, 0.1) is 0 Å². The molecule has 1 saturated heterocycles. The van der Waals surface area contributed by atoms with Gasteiger partial charge in [-0.05, 0) is 44.1 Å². The fourth-order valence-electron chi connectivity index (χ4n) is 1.99. The Morgan fingerprint density at radius 1 is 1.33 bits per heavy atom. The van der Waals surface area contributed by atoms with Crippen molar-refractivity contribution >= 4 is 46.9 Å². The molecule has 98 valence electrons. The van der Waals surface area contributed by atoms with E-state index < -0.39 is 0 Å². The zero-order chi connectivity index (χ0) is 11.7. The Bertz CT molecular complexity index is 526. The van der Waals surface area contributed by atoms with Crippen LogP contribution in [0.5, 0.6) is 0 Å². The van der Waals surface area contributed by atoms with Crippen LogP contribution >= 0.6 is 35.8 Å². The minimum absolute atomic E-state index is 0. The molecule has 0 bridgehead atoms. The molecule has 1 aromatic carbocycles. The summed E-state index contributed by atoms with van der Waals surface area (Å²) in [6, 6.07) is 5.54. The molecule has 1 fully saturated rings. The number of hydrogen-bond donors (Lipinski definition) is 1. The van der Waals surface area contributed by atoms with Gasteiger partial charge < -0.3 is 9.73 Å². The second-order valence-electron chi connectivity index (χ2n) is 4.16. The summed E-state index contributed by atoms with van der Waals surface area (Å²) in [5.74, 6) is 0. The average Bonchev–Trinajstić information content (AvgIpc) is 2.71. The van der Waals surface area contributed by atoms with E-state index in [2.05, 4.69) is 10.3 Å². The van der Waals surface area contributed by atoms with Crippen LogP contribution in [0.3, 0.4) is 0 Å². The molecule has 6 heteroatoms. The van der Waals surface area contributed by atoms with Crippen LogP contribution in [0.15, 0.2) is 27.8 Å². The van der Waals surface area contributed by atoms with Gasteiger partial charge in [-0.2, -0.15) is 0 Å². The second kappa shape index (κ2) is 6.15. The van der Waals surface area contributed by atoms with Crippen molar-refractivity contribution in [1.29, 1.82) is 0 Å². The van der Waals surface area contributed by atoms with Gasteiger partial charge in [0.2, 0.25) is 0 Å². The zero-order valence-corrected chi connectivity index (χ0v) is 12.1. The maximum Gasteiger partial charge on any atom is 0.257 e. The van der Waals surface area contributed by atoms with Gasteiger partial charge in [0.05, 0.1) is 0 Å². The first-order chi connectivity index (χ1) is 8.31. The van der Waals surface area contributed by atoms with Crippen LogP contribution in [0.2, 0.25) is 5.02 Å². The molecule has 1 N–H and O–H groups in total. The van der Waals surface area contributed by atoms with E-state index in [4.69, 9.17) is 16.0 Å². The minimum Gasteiger partial charge on any atom is -0.431 e. The quantitative estimate of drug-likeness (QED) is 0.917. The summed E-state index contributed by atoms with van der Waals surface area (Å²) in [6.45, 7) is 2.17. The highest BCUT2D eigenvalue weighted by Gasteiger charge is 2.17. The van der Waals surface area contributed by atoms with Crippen LogP contribution < -0.4 is 5.32 Å². The molecular formula is C12H14Cl2N2OS. The molecule has 0 amide bonds. The van der Waals surface area contributed by atoms with Crippen molar-refractivity contribution in [2.24, 2.45) is 0 Å². The molecule has 0 saturated carbocycles. The Morgan fingerprint density at radius 2 is 2.11 bits per heavy atom. The van der Waals surface area contributed by atoms with Crippen molar-refractivity contribution in [3.63, 3.8) is 0 Å². The number of benzene rings is 1. The molecule has 1 aliphatic heterocycles. The molecule has 0 atom stereocenters. The van der Waals surface area contributed by atoms with Crippen molar-refractivity contribution in [2.45, 2.75) is 23.3 Å². The highest BCUT2D eigenvalue weighted by molar-refractivity contribution is 7.99. The van der Waals surface area contributed by atoms with E-state index in [1.165, 1.54) is 12.8 Å². The van der Waals surface area contributed by atoms with Crippen LogP contribution in [0.1, 0.15) is 12.8 Å². The van der Waals surface area contributed by atoms with Crippen LogP contribution in [0.25, 0.3) is 11.1 Å². The molecule has 18 heavy (non-hydrogen) atoms. The first-order valence-electron chi connectivity index (χ1n) is 5.75. The number of fused-ring (bicyclic) bond motifs is 1. The summed E-state index contributed by atoms with van der Waals surface area (Å²) < 4.78 is 5.70. The van der Waals surface area contributed by atoms with Gasteiger partial charge in [0.1, 0.15) is 5.52 Å². The van der Waals surface area contributed by atoms with Gasteiger partial charge in [0.25, 0.3) is 5.22 Å². The van der Waals surface area contributed by atoms with E-state index in [9.17, 15) is 0 Å². The van der Waals surface area contributed by atoms with Gasteiger partial charge >= 0.3 is 0 Å². The molecule has 2 aromatic rings. The molecule has 0 radical (unpaired) electrons. The van der Waals surface area contributed by atoms with E-state index in [0.717, 1.165) is 29.4 Å². The monoisotopic (exact) mass is 304 g/mol. The first-order valence-corrected chi connectivity index (χ1v) is 7.00. The molecule has 1 aromatic heterocycles. The minimum atomic E-state index is 0. The highest BCUT2D eigenvalue weighted by Crippen LogP contribution is 2.31. The first kappa shape index (κ1) is 14.0. The summed E-state index contributed by atoms with van der Waals surface area (Å²) in [5.41, 5.74) is 1.65. The molecule has 0 aliphatic carbocycles. The number of rotatable bonds is 2. The lowest BCUT2D eigenvalue weighted by Crippen LogP contribution is -2.29. The number of aromatic nitrogens is 1. The van der Waals surface area contributed by atoms with Gasteiger partial charge in [0.15, 0.2) is 5.58 Å².